The highest BCUT2D eigenvalue weighted by molar-refractivity contribution is 9.10. The third-order valence-electron chi connectivity index (χ3n) is 3.90. The van der Waals surface area contributed by atoms with Crippen molar-refractivity contribution in [2.45, 2.75) is 26.1 Å². The number of nitrogens with zero attached hydrogens (tertiary/aromatic N) is 2. The Bertz CT molecular complexity index is 732. The largest absolute Gasteiger partial charge is 0.491 e. The average Bonchev–Trinajstić information content (AvgIpc) is 2.70. The van der Waals surface area contributed by atoms with E-state index in [4.69, 9.17) is 4.74 Å². The van der Waals surface area contributed by atoms with Gasteiger partial charge in [-0.1, -0.05) is 22.0 Å². The van der Waals surface area contributed by atoms with Gasteiger partial charge in [-0.3, -0.25) is 4.98 Å². The number of alkyl halides is 3. The lowest BCUT2D eigenvalue weighted by Crippen LogP contribution is -2.23. The zero-order chi connectivity index (χ0) is 17.3. The molecule has 24 heavy (non-hydrogen) atoms. The molecule has 1 aromatic heterocycles. The molecule has 1 aromatic carbocycles. The van der Waals surface area contributed by atoms with Crippen molar-refractivity contribution in [2.75, 3.05) is 18.1 Å². The first-order valence-electron chi connectivity index (χ1n) is 7.54. The minimum atomic E-state index is -4.41. The fraction of sp³-hybridized carbons (Fsp3) is 0.353. The van der Waals surface area contributed by atoms with Crippen LogP contribution in [-0.2, 0) is 12.7 Å². The van der Waals surface area contributed by atoms with E-state index >= 15 is 0 Å². The van der Waals surface area contributed by atoms with Crippen molar-refractivity contribution >= 4 is 21.6 Å². The molecule has 0 amide bonds. The molecule has 0 unspecified atom stereocenters. The molecule has 0 spiro atoms. The molecule has 3 rings (SSSR count). The lowest BCUT2D eigenvalue weighted by Gasteiger charge is -2.24. The van der Waals surface area contributed by atoms with Crippen LogP contribution in [0.5, 0.6) is 5.75 Å². The van der Waals surface area contributed by atoms with Gasteiger partial charge in [0.15, 0.2) is 0 Å². The summed E-state index contributed by atoms with van der Waals surface area (Å²) >= 11 is 3.50. The Kier molecular flexibility index (Phi) is 4.71. The Hall–Kier alpha value is -1.76. The van der Waals surface area contributed by atoms with Gasteiger partial charge in [0, 0.05) is 23.8 Å². The number of hydrogen-bond donors (Lipinski definition) is 0. The van der Waals surface area contributed by atoms with E-state index in [9.17, 15) is 13.2 Å². The second-order valence-corrected chi connectivity index (χ2v) is 6.60. The molecule has 0 aliphatic carbocycles. The quantitative estimate of drug-likeness (QED) is 0.712. The number of anilines is 1. The van der Waals surface area contributed by atoms with E-state index in [0.29, 0.717) is 13.2 Å². The standard InChI is InChI=1S/C17H16BrF3N2O/c1-11-7-14-15(8-13(11)18)24-6-2-5-23(14)10-12-3-4-16(22-9-12)17(19,20)21/h3-4,7-9H,2,5-6,10H2,1H3. The summed E-state index contributed by atoms with van der Waals surface area (Å²) in [5.41, 5.74) is 1.89. The highest BCUT2D eigenvalue weighted by Gasteiger charge is 2.32. The van der Waals surface area contributed by atoms with Crippen molar-refractivity contribution in [3.63, 3.8) is 0 Å². The van der Waals surface area contributed by atoms with Crippen molar-refractivity contribution in [2.24, 2.45) is 0 Å². The lowest BCUT2D eigenvalue weighted by molar-refractivity contribution is -0.141. The van der Waals surface area contributed by atoms with Crippen LogP contribution in [0.25, 0.3) is 0 Å². The van der Waals surface area contributed by atoms with E-state index in [1.54, 1.807) is 0 Å². The lowest BCUT2D eigenvalue weighted by atomic mass is 10.1. The molecule has 0 N–H and O–H groups in total. The number of aryl methyl sites for hydroxylation is 1. The summed E-state index contributed by atoms with van der Waals surface area (Å²) in [7, 11) is 0. The summed E-state index contributed by atoms with van der Waals surface area (Å²) in [5, 5.41) is 0. The third kappa shape index (κ3) is 3.66. The highest BCUT2D eigenvalue weighted by atomic mass is 79.9. The molecular weight excluding hydrogens is 385 g/mol. The van der Waals surface area contributed by atoms with Crippen molar-refractivity contribution in [1.82, 2.24) is 4.98 Å². The average molecular weight is 401 g/mol. The smallest absolute Gasteiger partial charge is 0.433 e. The Labute approximate surface area is 146 Å². The molecule has 2 aromatic rings. The normalized spacial score (nSPS) is 14.8. The first kappa shape index (κ1) is 17.1. The van der Waals surface area contributed by atoms with Crippen LogP contribution in [0.1, 0.15) is 23.2 Å². The van der Waals surface area contributed by atoms with E-state index in [2.05, 4.69) is 25.8 Å². The molecule has 0 atom stereocenters. The SMILES string of the molecule is Cc1cc2c(cc1Br)OCCCN2Cc1ccc(C(F)(F)F)nc1. The first-order valence-corrected chi connectivity index (χ1v) is 8.34. The zero-order valence-corrected chi connectivity index (χ0v) is 14.6. The summed E-state index contributed by atoms with van der Waals surface area (Å²) in [6, 6.07) is 6.47. The Balaban J connectivity index is 1.86. The summed E-state index contributed by atoms with van der Waals surface area (Å²) in [4.78, 5) is 5.65. The van der Waals surface area contributed by atoms with E-state index in [1.807, 2.05) is 19.1 Å². The van der Waals surface area contributed by atoms with Gasteiger partial charge < -0.3 is 9.64 Å². The maximum atomic E-state index is 12.6. The van der Waals surface area contributed by atoms with Gasteiger partial charge in [0.1, 0.15) is 11.4 Å². The van der Waals surface area contributed by atoms with Crippen molar-refractivity contribution in [3.8, 4) is 5.75 Å². The van der Waals surface area contributed by atoms with Crippen LogP contribution in [0.3, 0.4) is 0 Å². The van der Waals surface area contributed by atoms with Gasteiger partial charge in [0.2, 0.25) is 0 Å². The van der Waals surface area contributed by atoms with Crippen molar-refractivity contribution in [1.29, 1.82) is 0 Å². The van der Waals surface area contributed by atoms with Crippen LogP contribution in [0, 0.1) is 6.92 Å². The van der Waals surface area contributed by atoms with Crippen molar-refractivity contribution in [3.05, 3.63) is 51.8 Å². The maximum Gasteiger partial charge on any atom is 0.433 e. The molecule has 128 valence electrons. The number of rotatable bonds is 2. The highest BCUT2D eigenvalue weighted by Crippen LogP contribution is 2.36. The number of aromatic nitrogens is 1. The topological polar surface area (TPSA) is 25.4 Å². The Morgan fingerprint density at radius 2 is 2.08 bits per heavy atom. The van der Waals surface area contributed by atoms with Crippen molar-refractivity contribution < 1.29 is 17.9 Å². The number of pyridine rings is 1. The number of fused-ring (bicyclic) bond motifs is 1. The van der Waals surface area contributed by atoms with Crippen LogP contribution in [0.4, 0.5) is 18.9 Å². The predicted octanol–water partition coefficient (Wildman–Crippen LogP) is 4.96. The Morgan fingerprint density at radius 1 is 1.29 bits per heavy atom. The molecule has 1 aliphatic heterocycles. The number of ether oxygens (including phenoxy) is 1. The maximum absolute atomic E-state index is 12.6. The molecule has 0 bridgehead atoms. The number of benzene rings is 1. The summed E-state index contributed by atoms with van der Waals surface area (Å²) in [6.45, 7) is 3.87. The van der Waals surface area contributed by atoms with E-state index < -0.39 is 11.9 Å². The van der Waals surface area contributed by atoms with Gasteiger partial charge in [-0.25, -0.2) is 0 Å². The second-order valence-electron chi connectivity index (χ2n) is 5.74. The van der Waals surface area contributed by atoms with Gasteiger partial charge in [-0.05, 0) is 42.7 Å². The number of halogens is 4. The van der Waals surface area contributed by atoms with E-state index in [1.165, 1.54) is 12.3 Å². The van der Waals surface area contributed by atoms with Crippen LogP contribution < -0.4 is 9.64 Å². The van der Waals surface area contributed by atoms with Gasteiger partial charge >= 0.3 is 6.18 Å². The Morgan fingerprint density at radius 3 is 2.75 bits per heavy atom. The summed E-state index contributed by atoms with van der Waals surface area (Å²) < 4.78 is 44.6. The molecule has 2 heterocycles. The molecule has 7 heteroatoms. The van der Waals surface area contributed by atoms with Crippen LogP contribution >= 0.6 is 15.9 Å². The zero-order valence-electron chi connectivity index (χ0n) is 13.0. The molecule has 3 nitrogen and oxygen atoms in total. The van der Waals surface area contributed by atoms with Crippen LogP contribution in [-0.4, -0.2) is 18.1 Å². The van der Waals surface area contributed by atoms with E-state index in [-0.39, 0.29) is 0 Å². The van der Waals surface area contributed by atoms with Gasteiger partial charge in [0.25, 0.3) is 0 Å². The van der Waals surface area contributed by atoms with Gasteiger partial charge in [0.05, 0.1) is 12.3 Å². The van der Waals surface area contributed by atoms with Gasteiger partial charge in [-0.15, -0.1) is 0 Å². The predicted molar refractivity (Wildman–Crippen MR) is 89.3 cm³/mol. The number of hydrogen-bond acceptors (Lipinski definition) is 3. The molecule has 0 saturated heterocycles. The third-order valence-corrected chi connectivity index (χ3v) is 4.75. The monoisotopic (exact) mass is 400 g/mol. The fourth-order valence-electron chi connectivity index (χ4n) is 2.64. The molecule has 0 radical (unpaired) electrons. The molecule has 0 fully saturated rings. The molecular formula is C17H16BrF3N2O. The van der Waals surface area contributed by atoms with E-state index in [0.717, 1.165) is 46.1 Å². The summed E-state index contributed by atoms with van der Waals surface area (Å²) in [6.07, 6.45) is -2.27. The second kappa shape index (κ2) is 6.63. The van der Waals surface area contributed by atoms with Crippen LogP contribution in [0.2, 0.25) is 0 Å². The summed E-state index contributed by atoms with van der Waals surface area (Å²) in [5.74, 6) is 0.782. The molecule has 1 aliphatic rings. The van der Waals surface area contributed by atoms with Crippen LogP contribution in [0.15, 0.2) is 34.9 Å². The minimum Gasteiger partial charge on any atom is -0.491 e. The fourth-order valence-corrected chi connectivity index (χ4v) is 2.96. The van der Waals surface area contributed by atoms with Gasteiger partial charge in [-0.2, -0.15) is 13.2 Å². The minimum absolute atomic E-state index is 0.489. The molecule has 0 saturated carbocycles. The first-order chi connectivity index (χ1) is 11.3.